The molecule has 1 heterocycles. The zero-order valence-corrected chi connectivity index (χ0v) is 22.1. The van der Waals surface area contributed by atoms with Crippen molar-refractivity contribution in [3.63, 3.8) is 0 Å². The molecule has 0 radical (unpaired) electrons. The van der Waals surface area contributed by atoms with Crippen LogP contribution in [0.3, 0.4) is 0 Å². The first-order valence-corrected chi connectivity index (χ1v) is 13.6. The summed E-state index contributed by atoms with van der Waals surface area (Å²) in [4.78, 5) is 18.0. The Morgan fingerprint density at radius 2 is 1.69 bits per heavy atom. The Labute approximate surface area is 214 Å². The van der Waals surface area contributed by atoms with Crippen molar-refractivity contribution in [1.82, 2.24) is 4.57 Å². The van der Waals surface area contributed by atoms with Crippen LogP contribution in [-0.2, 0) is 16.6 Å². The van der Waals surface area contributed by atoms with Crippen molar-refractivity contribution < 1.29 is 22.7 Å². The van der Waals surface area contributed by atoms with Crippen LogP contribution in [0, 0.1) is 0 Å². The van der Waals surface area contributed by atoms with Gasteiger partial charge in [0.05, 0.1) is 29.5 Å². The maximum atomic E-state index is 13.2. The number of hydrogen-bond donors (Lipinski definition) is 0. The summed E-state index contributed by atoms with van der Waals surface area (Å²) in [6.45, 7) is 4.60. The lowest BCUT2D eigenvalue weighted by atomic mass is 10.2. The Balaban J connectivity index is 1.69. The van der Waals surface area contributed by atoms with Gasteiger partial charge >= 0.3 is 0 Å². The first-order valence-electron chi connectivity index (χ1n) is 11.4. The number of aryl methyl sites for hydroxylation is 1. The van der Waals surface area contributed by atoms with Gasteiger partial charge in [-0.3, -0.25) is 9.10 Å². The molecule has 0 unspecified atom stereocenters. The standard InChI is InChI=1S/C26H27N3O5S2/c1-5-28-24-22(34-4)16-20(33-3)17-23(24)35-26(28)27-25(30)18-12-14-21(15-13-18)36(31,32)29(6-2)19-10-8-7-9-11-19/h7-17H,5-6H2,1-4H3. The molecule has 188 valence electrons. The summed E-state index contributed by atoms with van der Waals surface area (Å²) in [6.07, 6.45) is 0. The molecule has 0 aliphatic heterocycles. The van der Waals surface area contributed by atoms with Crippen molar-refractivity contribution in [2.24, 2.45) is 4.99 Å². The van der Waals surface area contributed by atoms with Crippen molar-refractivity contribution in [2.75, 3.05) is 25.1 Å². The number of anilines is 1. The van der Waals surface area contributed by atoms with Gasteiger partial charge in [-0.05, 0) is 56.3 Å². The van der Waals surface area contributed by atoms with Crippen molar-refractivity contribution in [2.45, 2.75) is 25.3 Å². The number of aromatic nitrogens is 1. The van der Waals surface area contributed by atoms with E-state index in [-0.39, 0.29) is 11.4 Å². The second-order valence-electron chi connectivity index (χ2n) is 7.75. The normalized spacial score (nSPS) is 12.1. The number of thiazole rings is 1. The maximum absolute atomic E-state index is 13.2. The molecule has 0 bridgehead atoms. The van der Waals surface area contributed by atoms with Crippen LogP contribution in [0.2, 0.25) is 0 Å². The van der Waals surface area contributed by atoms with E-state index in [9.17, 15) is 13.2 Å². The van der Waals surface area contributed by atoms with Gasteiger partial charge in [-0.15, -0.1) is 0 Å². The second kappa shape index (κ2) is 10.5. The summed E-state index contributed by atoms with van der Waals surface area (Å²) in [5.41, 5.74) is 1.71. The van der Waals surface area contributed by atoms with Gasteiger partial charge in [0.25, 0.3) is 15.9 Å². The van der Waals surface area contributed by atoms with Crippen LogP contribution in [0.15, 0.2) is 76.6 Å². The van der Waals surface area contributed by atoms with Crippen molar-refractivity contribution in [3.8, 4) is 11.5 Å². The molecule has 4 rings (SSSR count). The molecule has 0 spiro atoms. The number of carbonyl (C=O) groups excluding carboxylic acids is 1. The molecule has 0 saturated carbocycles. The maximum Gasteiger partial charge on any atom is 0.279 e. The molecule has 1 amide bonds. The molecular weight excluding hydrogens is 498 g/mol. The van der Waals surface area contributed by atoms with E-state index in [1.165, 1.54) is 39.9 Å². The summed E-state index contributed by atoms with van der Waals surface area (Å²) in [5, 5.41) is 0. The number of para-hydroxylation sites is 1. The van der Waals surface area contributed by atoms with E-state index in [4.69, 9.17) is 9.47 Å². The molecule has 0 fully saturated rings. The number of carbonyl (C=O) groups is 1. The number of hydrogen-bond acceptors (Lipinski definition) is 6. The zero-order valence-electron chi connectivity index (χ0n) is 20.5. The number of amides is 1. The van der Waals surface area contributed by atoms with Gasteiger partial charge in [-0.25, -0.2) is 8.42 Å². The topological polar surface area (TPSA) is 90.2 Å². The summed E-state index contributed by atoms with van der Waals surface area (Å²) in [5.74, 6) is 0.814. The number of nitrogens with zero attached hydrogens (tertiary/aromatic N) is 3. The van der Waals surface area contributed by atoms with E-state index < -0.39 is 15.9 Å². The second-order valence-corrected chi connectivity index (χ2v) is 10.6. The van der Waals surface area contributed by atoms with Crippen LogP contribution in [-0.4, -0.2) is 39.7 Å². The lowest BCUT2D eigenvalue weighted by Gasteiger charge is -2.22. The monoisotopic (exact) mass is 525 g/mol. The molecule has 0 aliphatic carbocycles. The van der Waals surface area contributed by atoms with Gasteiger partial charge in [0.2, 0.25) is 0 Å². The van der Waals surface area contributed by atoms with Crippen LogP contribution in [0.1, 0.15) is 24.2 Å². The number of rotatable bonds is 8. The van der Waals surface area contributed by atoms with E-state index in [0.717, 1.165) is 10.2 Å². The number of benzene rings is 3. The first-order chi connectivity index (χ1) is 17.3. The third-order valence-electron chi connectivity index (χ3n) is 5.71. The van der Waals surface area contributed by atoms with Gasteiger partial charge in [0.15, 0.2) is 4.80 Å². The lowest BCUT2D eigenvalue weighted by Crippen LogP contribution is -2.30. The highest BCUT2D eigenvalue weighted by Gasteiger charge is 2.24. The smallest absolute Gasteiger partial charge is 0.279 e. The highest BCUT2D eigenvalue weighted by atomic mass is 32.2. The number of fused-ring (bicyclic) bond motifs is 1. The molecule has 1 aromatic heterocycles. The molecule has 3 aromatic carbocycles. The van der Waals surface area contributed by atoms with Gasteiger partial charge < -0.3 is 14.0 Å². The third-order valence-corrected chi connectivity index (χ3v) is 8.65. The first kappa shape index (κ1) is 25.5. The van der Waals surface area contributed by atoms with Crippen LogP contribution in [0.4, 0.5) is 5.69 Å². The summed E-state index contributed by atoms with van der Waals surface area (Å²) >= 11 is 1.36. The molecule has 36 heavy (non-hydrogen) atoms. The van der Waals surface area contributed by atoms with Crippen LogP contribution in [0.5, 0.6) is 11.5 Å². The largest absolute Gasteiger partial charge is 0.497 e. The molecule has 0 atom stereocenters. The van der Waals surface area contributed by atoms with Gasteiger partial charge in [0.1, 0.15) is 17.0 Å². The van der Waals surface area contributed by atoms with Gasteiger partial charge in [-0.2, -0.15) is 4.99 Å². The number of ether oxygens (including phenoxy) is 2. The molecule has 0 N–H and O–H groups in total. The third kappa shape index (κ3) is 4.74. The van der Waals surface area contributed by atoms with Crippen molar-refractivity contribution >= 4 is 43.2 Å². The number of methoxy groups -OCH3 is 2. The summed E-state index contributed by atoms with van der Waals surface area (Å²) < 4.78 is 41.5. The zero-order chi connectivity index (χ0) is 25.9. The predicted molar refractivity (Wildman–Crippen MR) is 142 cm³/mol. The highest BCUT2D eigenvalue weighted by molar-refractivity contribution is 7.92. The number of sulfonamides is 1. The lowest BCUT2D eigenvalue weighted by molar-refractivity contribution is 0.0997. The van der Waals surface area contributed by atoms with E-state index in [1.54, 1.807) is 51.5 Å². The Morgan fingerprint density at radius 1 is 1.00 bits per heavy atom. The van der Waals surface area contributed by atoms with Crippen molar-refractivity contribution in [1.29, 1.82) is 0 Å². The average Bonchev–Trinajstić information content (AvgIpc) is 3.25. The van der Waals surface area contributed by atoms with Crippen molar-refractivity contribution in [3.05, 3.63) is 77.1 Å². The SMILES string of the molecule is CCN(c1ccccc1)S(=O)(=O)c1ccc(C(=O)N=c2sc3cc(OC)cc(OC)c3n2CC)cc1. The molecule has 10 heteroatoms. The fourth-order valence-electron chi connectivity index (χ4n) is 3.93. The Hall–Kier alpha value is -3.63. The molecule has 0 aliphatic rings. The Bertz CT molecular complexity index is 1560. The minimum Gasteiger partial charge on any atom is -0.497 e. The average molecular weight is 526 g/mol. The molecule has 0 saturated heterocycles. The van der Waals surface area contributed by atoms with E-state index >= 15 is 0 Å². The van der Waals surface area contributed by atoms with E-state index in [0.29, 0.717) is 34.1 Å². The molecule has 8 nitrogen and oxygen atoms in total. The Morgan fingerprint density at radius 3 is 2.28 bits per heavy atom. The highest BCUT2D eigenvalue weighted by Crippen LogP contribution is 2.33. The molecule has 4 aromatic rings. The fraction of sp³-hybridized carbons (Fsp3) is 0.231. The van der Waals surface area contributed by atoms with Crippen LogP contribution >= 0.6 is 11.3 Å². The van der Waals surface area contributed by atoms with Crippen LogP contribution < -0.4 is 18.6 Å². The predicted octanol–water partition coefficient (Wildman–Crippen LogP) is 4.70. The van der Waals surface area contributed by atoms with E-state index in [1.807, 2.05) is 23.6 Å². The molecular formula is C26H27N3O5S2. The summed E-state index contributed by atoms with van der Waals surface area (Å²) in [7, 11) is -0.616. The fourth-order valence-corrected chi connectivity index (χ4v) is 6.55. The minimum atomic E-state index is -3.78. The Kier molecular flexibility index (Phi) is 7.46. The summed E-state index contributed by atoms with van der Waals surface area (Å²) in [6, 6.07) is 18.4. The van der Waals surface area contributed by atoms with Gasteiger partial charge in [0, 0.05) is 24.7 Å². The van der Waals surface area contributed by atoms with E-state index in [2.05, 4.69) is 4.99 Å². The van der Waals surface area contributed by atoms with Gasteiger partial charge in [-0.1, -0.05) is 29.5 Å². The van der Waals surface area contributed by atoms with Crippen LogP contribution in [0.25, 0.3) is 10.2 Å². The minimum absolute atomic E-state index is 0.104. The quantitative estimate of drug-likeness (QED) is 0.333.